The summed E-state index contributed by atoms with van der Waals surface area (Å²) >= 11 is 0. The van der Waals surface area contributed by atoms with Gasteiger partial charge in [0.05, 0.1) is 23.0 Å². The highest BCUT2D eigenvalue weighted by atomic mass is 32.2. The highest BCUT2D eigenvalue weighted by Crippen LogP contribution is 2.31. The number of hydrogen-bond acceptors (Lipinski definition) is 8. The molecule has 1 fully saturated rings. The summed E-state index contributed by atoms with van der Waals surface area (Å²) in [5.41, 5.74) is 5.04. The first kappa shape index (κ1) is 26.5. The Balaban J connectivity index is 1.23. The number of nitrogens with zero attached hydrogens (tertiary/aromatic N) is 4. The monoisotopic (exact) mass is 561 g/mol. The summed E-state index contributed by atoms with van der Waals surface area (Å²) in [4.78, 5) is 14.2. The molecular formula is C29H35N7O3S. The molecule has 0 atom stereocenters. The van der Waals surface area contributed by atoms with Crippen LogP contribution >= 0.6 is 0 Å². The average Bonchev–Trinajstić information content (AvgIpc) is 3.38. The minimum absolute atomic E-state index is 0.191. The predicted octanol–water partition coefficient (Wildman–Crippen LogP) is 4.98. The average molecular weight is 562 g/mol. The lowest BCUT2D eigenvalue weighted by atomic mass is 9.91. The Morgan fingerprint density at radius 2 is 1.77 bits per heavy atom. The molecule has 0 bridgehead atoms. The number of aromatic nitrogens is 4. The Kier molecular flexibility index (Phi) is 7.33. The number of hydrogen-bond donors (Lipinski definition) is 4. The highest BCUT2D eigenvalue weighted by molar-refractivity contribution is 7.92. The van der Waals surface area contributed by atoms with E-state index < -0.39 is 10.0 Å². The van der Waals surface area contributed by atoms with E-state index in [2.05, 4.69) is 26.4 Å². The van der Waals surface area contributed by atoms with Gasteiger partial charge in [-0.1, -0.05) is 12.1 Å². The van der Waals surface area contributed by atoms with Crippen LogP contribution in [0.5, 0.6) is 0 Å². The van der Waals surface area contributed by atoms with E-state index in [4.69, 9.17) is 9.97 Å². The molecule has 10 nitrogen and oxygen atoms in total. The maximum absolute atomic E-state index is 13.2. The summed E-state index contributed by atoms with van der Waals surface area (Å²) in [5.74, 6) is 1.04. The standard InChI is InChI=1S/C29H35N7O3S/c1-2-36-18-30-26-27(33-29(34-28(26)36)32-21-10-14-22(37)15-11-21)31-20-12-16-23(17-13-20)40(38,39)35-25-9-5-7-19-6-3-4-8-24(19)25/h5,7,9,12-13,16-18,21-22,35,37H,2-4,6,8,10-11,14-15H2,1H3,(H2,31,32,33,34). The third-order valence-corrected chi connectivity index (χ3v) is 9.28. The maximum Gasteiger partial charge on any atom is 0.261 e. The molecule has 2 aliphatic rings. The molecule has 4 aromatic rings. The van der Waals surface area contributed by atoms with Gasteiger partial charge in [-0.05, 0) is 99.7 Å². The largest absolute Gasteiger partial charge is 0.393 e. The number of fused-ring (bicyclic) bond motifs is 2. The van der Waals surface area contributed by atoms with Crippen molar-refractivity contribution in [3.63, 3.8) is 0 Å². The molecule has 2 aromatic heterocycles. The molecule has 2 aromatic carbocycles. The van der Waals surface area contributed by atoms with Gasteiger partial charge in [-0.3, -0.25) is 4.72 Å². The molecule has 0 unspecified atom stereocenters. The minimum atomic E-state index is -3.75. The molecule has 1 saturated carbocycles. The van der Waals surface area contributed by atoms with Gasteiger partial charge in [-0.2, -0.15) is 9.97 Å². The molecule has 11 heteroatoms. The number of aliphatic hydroxyl groups is 1. The van der Waals surface area contributed by atoms with E-state index >= 15 is 0 Å². The van der Waals surface area contributed by atoms with Crippen LogP contribution in [0.4, 0.5) is 23.1 Å². The first-order valence-corrected chi connectivity index (χ1v) is 15.6. The zero-order chi connectivity index (χ0) is 27.7. The molecule has 0 saturated heterocycles. The topological polar surface area (TPSA) is 134 Å². The second-order valence-corrected chi connectivity index (χ2v) is 12.3. The van der Waals surface area contributed by atoms with Crippen molar-refractivity contribution in [2.24, 2.45) is 0 Å². The Hall–Kier alpha value is -3.70. The summed E-state index contributed by atoms with van der Waals surface area (Å²) in [6.45, 7) is 2.75. The normalized spacial score (nSPS) is 19.2. The molecule has 0 spiro atoms. The van der Waals surface area contributed by atoms with Crippen molar-refractivity contribution in [3.8, 4) is 0 Å². The van der Waals surface area contributed by atoms with Crippen molar-refractivity contribution < 1.29 is 13.5 Å². The van der Waals surface area contributed by atoms with Crippen molar-refractivity contribution in [2.45, 2.75) is 81.9 Å². The van der Waals surface area contributed by atoms with Gasteiger partial charge in [0, 0.05) is 18.3 Å². The molecule has 2 heterocycles. The van der Waals surface area contributed by atoms with Crippen LogP contribution in [-0.4, -0.2) is 45.2 Å². The van der Waals surface area contributed by atoms with Gasteiger partial charge in [0.25, 0.3) is 10.0 Å². The first-order chi connectivity index (χ1) is 19.4. The van der Waals surface area contributed by atoms with Crippen LogP contribution in [0, 0.1) is 0 Å². The van der Waals surface area contributed by atoms with Crippen LogP contribution in [0.2, 0.25) is 0 Å². The summed E-state index contributed by atoms with van der Waals surface area (Å²) in [6, 6.07) is 12.7. The molecule has 4 N–H and O–H groups in total. The second-order valence-electron chi connectivity index (χ2n) is 10.7. The van der Waals surface area contributed by atoms with Crippen molar-refractivity contribution in [1.82, 2.24) is 19.5 Å². The third kappa shape index (κ3) is 5.48. The maximum atomic E-state index is 13.2. The number of aliphatic hydroxyl groups excluding tert-OH is 1. The quantitative estimate of drug-likeness (QED) is 0.237. The van der Waals surface area contributed by atoms with Crippen molar-refractivity contribution in [1.29, 1.82) is 0 Å². The fraction of sp³-hybridized carbons (Fsp3) is 0.414. The summed E-state index contributed by atoms with van der Waals surface area (Å²) in [7, 11) is -3.75. The predicted molar refractivity (Wildman–Crippen MR) is 156 cm³/mol. The fourth-order valence-electron chi connectivity index (χ4n) is 5.66. The zero-order valence-corrected chi connectivity index (χ0v) is 23.4. The van der Waals surface area contributed by atoms with Crippen LogP contribution in [-0.2, 0) is 29.4 Å². The van der Waals surface area contributed by atoms with E-state index in [1.54, 1.807) is 30.6 Å². The number of nitrogens with one attached hydrogen (secondary N) is 3. The number of imidazole rings is 1. The molecule has 2 aliphatic carbocycles. The Morgan fingerprint density at radius 3 is 2.55 bits per heavy atom. The van der Waals surface area contributed by atoms with Crippen LogP contribution in [0.1, 0.15) is 56.6 Å². The van der Waals surface area contributed by atoms with Gasteiger partial charge in [-0.25, -0.2) is 13.4 Å². The van der Waals surface area contributed by atoms with E-state index in [9.17, 15) is 13.5 Å². The van der Waals surface area contributed by atoms with E-state index in [-0.39, 0.29) is 17.0 Å². The lowest BCUT2D eigenvalue weighted by Gasteiger charge is -2.26. The molecule has 210 valence electrons. The van der Waals surface area contributed by atoms with Crippen molar-refractivity contribution >= 4 is 44.3 Å². The van der Waals surface area contributed by atoms with Gasteiger partial charge in [-0.15, -0.1) is 0 Å². The Morgan fingerprint density at radius 1 is 1.00 bits per heavy atom. The number of sulfonamides is 1. The summed E-state index contributed by atoms with van der Waals surface area (Å²) < 4.78 is 31.2. The van der Waals surface area contributed by atoms with Crippen LogP contribution in [0.3, 0.4) is 0 Å². The van der Waals surface area contributed by atoms with Crippen LogP contribution in [0.15, 0.2) is 53.7 Å². The highest BCUT2D eigenvalue weighted by Gasteiger charge is 2.22. The first-order valence-electron chi connectivity index (χ1n) is 14.1. The summed E-state index contributed by atoms with van der Waals surface area (Å²) in [6.07, 6.45) is 8.81. The Labute approximate surface area is 234 Å². The Bertz CT molecular complexity index is 1610. The van der Waals surface area contributed by atoms with Crippen molar-refractivity contribution in [2.75, 3.05) is 15.4 Å². The van der Waals surface area contributed by atoms with Crippen LogP contribution < -0.4 is 15.4 Å². The minimum Gasteiger partial charge on any atom is -0.393 e. The van der Waals surface area contributed by atoms with Gasteiger partial charge >= 0.3 is 0 Å². The van der Waals surface area contributed by atoms with Gasteiger partial charge < -0.3 is 20.3 Å². The molecule has 0 radical (unpaired) electrons. The van der Waals surface area contributed by atoms with Gasteiger partial charge in [0.1, 0.15) is 0 Å². The fourth-order valence-corrected chi connectivity index (χ4v) is 6.76. The second kappa shape index (κ2) is 11.1. The SMILES string of the molecule is CCn1cnc2c(Nc3ccc(S(=O)(=O)Nc4cccc5c4CCCC5)cc3)nc(NC3CCC(O)CC3)nc21. The number of aryl methyl sites for hydroxylation is 2. The third-order valence-electron chi connectivity index (χ3n) is 7.90. The number of anilines is 4. The zero-order valence-electron chi connectivity index (χ0n) is 22.6. The molecule has 0 amide bonds. The van der Waals surface area contributed by atoms with E-state index in [0.29, 0.717) is 40.8 Å². The lowest BCUT2D eigenvalue weighted by molar-refractivity contribution is 0.126. The lowest BCUT2D eigenvalue weighted by Crippen LogP contribution is -2.29. The van der Waals surface area contributed by atoms with E-state index in [0.717, 1.165) is 56.9 Å². The molecule has 6 rings (SSSR count). The van der Waals surface area contributed by atoms with Crippen molar-refractivity contribution in [3.05, 3.63) is 59.9 Å². The molecular weight excluding hydrogens is 526 g/mol. The number of rotatable bonds is 8. The van der Waals surface area contributed by atoms with Gasteiger partial charge in [0.15, 0.2) is 17.0 Å². The smallest absolute Gasteiger partial charge is 0.261 e. The number of benzene rings is 2. The summed E-state index contributed by atoms with van der Waals surface area (Å²) in [5, 5.41) is 16.6. The molecule has 0 aliphatic heterocycles. The van der Waals surface area contributed by atoms with Gasteiger partial charge in [0.2, 0.25) is 5.95 Å². The molecule has 40 heavy (non-hydrogen) atoms. The van der Waals surface area contributed by atoms with Crippen LogP contribution in [0.25, 0.3) is 11.2 Å². The van der Waals surface area contributed by atoms with E-state index in [1.807, 2.05) is 23.6 Å². The van der Waals surface area contributed by atoms with E-state index in [1.165, 1.54) is 5.56 Å².